The van der Waals surface area contributed by atoms with Crippen molar-refractivity contribution in [2.45, 2.75) is 57.6 Å². The highest BCUT2D eigenvalue weighted by Gasteiger charge is 2.46. The lowest BCUT2D eigenvalue weighted by Gasteiger charge is -2.30. The number of hydrogen-bond acceptors (Lipinski definition) is 8. The highest BCUT2D eigenvalue weighted by molar-refractivity contribution is 7.89. The van der Waals surface area contributed by atoms with Crippen molar-refractivity contribution < 1.29 is 41.7 Å². The van der Waals surface area contributed by atoms with E-state index in [9.17, 15) is 22.7 Å². The van der Waals surface area contributed by atoms with E-state index in [-0.39, 0.29) is 24.8 Å². The maximum atomic E-state index is 14.9. The van der Waals surface area contributed by atoms with Crippen molar-refractivity contribution in [2.24, 2.45) is 0 Å². The number of benzene rings is 2. The molecule has 2 aromatic carbocycles. The van der Waals surface area contributed by atoms with E-state index in [1.807, 2.05) is 30.9 Å². The molecule has 0 unspecified atom stereocenters. The molecule has 0 amide bonds. The molecule has 0 radical (unpaired) electrons. The molecule has 4 rings (SSSR count). The fourth-order valence-corrected chi connectivity index (χ4v) is 7.29. The fourth-order valence-electron chi connectivity index (χ4n) is 5.64. The Kier molecular flexibility index (Phi) is 10.3. The third kappa shape index (κ3) is 7.22. The third-order valence-corrected chi connectivity index (χ3v) is 9.58. The van der Waals surface area contributed by atoms with Gasteiger partial charge in [-0.2, -0.15) is 0 Å². The number of fused-ring (bicyclic) bond motifs is 1. The number of sulfonamides is 1. The van der Waals surface area contributed by atoms with Crippen LogP contribution < -0.4 is 14.2 Å². The van der Waals surface area contributed by atoms with Crippen molar-refractivity contribution in [2.75, 3.05) is 45.8 Å². The van der Waals surface area contributed by atoms with Crippen molar-refractivity contribution in [3.05, 3.63) is 53.3 Å². The summed E-state index contributed by atoms with van der Waals surface area (Å²) in [5.41, 5.74) is 1.28. The molecule has 1 saturated heterocycles. The van der Waals surface area contributed by atoms with E-state index in [0.717, 1.165) is 18.4 Å². The summed E-state index contributed by atoms with van der Waals surface area (Å²) in [4.78, 5) is 13.9. The number of carbonyl (C=O) groups is 1. The standard InChI is InChI=1S/C29H39FN2O8S/c1-4-6-7-15-41(35,36)32(12-5-2)14-13-31-18-22(20-8-11-25-26(17-20)39-19-38-25)28(40-29(33)34)27(31)21-9-10-24(37-3)23(30)16-21/h8-11,16-17,22,27-28H,4-7,12-15,18-19H2,1-3H3,(H,33,34)/t22-,27-,28+/m1/s1. The zero-order chi connectivity index (χ0) is 29.6. The fraction of sp³-hybridized carbons (Fsp3) is 0.552. The first kappa shape index (κ1) is 30.9. The summed E-state index contributed by atoms with van der Waals surface area (Å²) in [6.07, 6.45) is 0.654. The SMILES string of the molecule is CCCCCS(=O)(=O)N(CCC)CCN1C[C@H](c2ccc3c(c2)OCO3)[C@H](OC(=O)O)[C@H]1c1ccc(OC)c(F)c1. The van der Waals surface area contributed by atoms with E-state index in [1.54, 1.807) is 12.1 Å². The summed E-state index contributed by atoms with van der Waals surface area (Å²) < 4.78 is 64.3. The highest BCUT2D eigenvalue weighted by Crippen LogP contribution is 2.45. The van der Waals surface area contributed by atoms with Crippen LogP contribution in [0.2, 0.25) is 0 Å². The topological polar surface area (TPSA) is 115 Å². The van der Waals surface area contributed by atoms with Crippen LogP contribution in [0.25, 0.3) is 0 Å². The molecule has 0 aromatic heterocycles. The largest absolute Gasteiger partial charge is 0.506 e. The molecule has 12 heteroatoms. The zero-order valence-corrected chi connectivity index (χ0v) is 24.6. The van der Waals surface area contributed by atoms with Crippen molar-refractivity contribution in [3.63, 3.8) is 0 Å². The van der Waals surface area contributed by atoms with Crippen molar-refractivity contribution in [1.82, 2.24) is 9.21 Å². The normalized spacial score (nSPS) is 20.5. The second-order valence-corrected chi connectivity index (χ2v) is 12.4. The minimum absolute atomic E-state index is 0.0635. The Morgan fingerprint density at radius 1 is 1.07 bits per heavy atom. The first-order valence-corrected chi connectivity index (χ1v) is 15.6. The van der Waals surface area contributed by atoms with Gasteiger partial charge < -0.3 is 24.1 Å². The second-order valence-electron chi connectivity index (χ2n) is 10.3. The summed E-state index contributed by atoms with van der Waals surface area (Å²) >= 11 is 0. The molecule has 41 heavy (non-hydrogen) atoms. The van der Waals surface area contributed by atoms with Gasteiger partial charge in [0.25, 0.3) is 0 Å². The Bertz CT molecular complexity index is 1310. The number of unbranched alkanes of at least 4 members (excludes halogenated alkanes) is 2. The van der Waals surface area contributed by atoms with Gasteiger partial charge in [-0.05, 0) is 48.2 Å². The summed E-state index contributed by atoms with van der Waals surface area (Å²) in [6, 6.07) is 9.25. The molecule has 2 heterocycles. The number of methoxy groups -OCH3 is 1. The van der Waals surface area contributed by atoms with Crippen LogP contribution >= 0.6 is 0 Å². The molecule has 2 aliphatic rings. The van der Waals surface area contributed by atoms with Gasteiger partial charge in [0.15, 0.2) is 23.1 Å². The van der Waals surface area contributed by atoms with Crippen LogP contribution in [-0.2, 0) is 14.8 Å². The lowest BCUT2D eigenvalue weighted by molar-refractivity contribution is 0.0282. The van der Waals surface area contributed by atoms with E-state index < -0.39 is 40.1 Å². The van der Waals surface area contributed by atoms with Gasteiger partial charge in [0.2, 0.25) is 16.8 Å². The first-order chi connectivity index (χ1) is 19.7. The van der Waals surface area contributed by atoms with Crippen LogP contribution in [0.5, 0.6) is 17.2 Å². The van der Waals surface area contributed by atoms with Crippen molar-refractivity contribution >= 4 is 16.2 Å². The molecule has 1 fully saturated rings. The Balaban J connectivity index is 1.68. The van der Waals surface area contributed by atoms with E-state index in [0.29, 0.717) is 49.5 Å². The highest BCUT2D eigenvalue weighted by atomic mass is 32.2. The minimum atomic E-state index is -3.48. The van der Waals surface area contributed by atoms with Gasteiger partial charge in [-0.3, -0.25) is 4.90 Å². The lowest BCUT2D eigenvalue weighted by Crippen LogP contribution is -2.41. The Morgan fingerprint density at radius 2 is 1.83 bits per heavy atom. The van der Waals surface area contributed by atoms with E-state index in [1.165, 1.54) is 23.5 Å². The minimum Gasteiger partial charge on any atom is -0.494 e. The number of halogens is 1. The summed E-state index contributed by atoms with van der Waals surface area (Å²) in [5.74, 6) is 0.270. The molecular formula is C29H39FN2O8S. The first-order valence-electron chi connectivity index (χ1n) is 14.0. The second kappa shape index (κ2) is 13.7. The molecule has 10 nitrogen and oxygen atoms in total. The van der Waals surface area contributed by atoms with E-state index in [4.69, 9.17) is 18.9 Å². The smallest absolute Gasteiger partial charge is 0.494 e. The molecule has 0 spiro atoms. The predicted molar refractivity (Wildman–Crippen MR) is 151 cm³/mol. The zero-order valence-electron chi connectivity index (χ0n) is 23.8. The number of likely N-dealkylation sites (tertiary alicyclic amines) is 1. The molecule has 226 valence electrons. The lowest BCUT2D eigenvalue weighted by atomic mass is 9.90. The Hall–Kier alpha value is -3.09. The van der Waals surface area contributed by atoms with Crippen molar-refractivity contribution in [1.29, 1.82) is 0 Å². The summed E-state index contributed by atoms with van der Waals surface area (Å²) in [7, 11) is -2.11. The Morgan fingerprint density at radius 3 is 2.51 bits per heavy atom. The van der Waals surface area contributed by atoms with Crippen LogP contribution in [0.15, 0.2) is 36.4 Å². The maximum absolute atomic E-state index is 14.9. The number of hydrogen-bond donors (Lipinski definition) is 1. The van der Waals surface area contributed by atoms with Gasteiger partial charge in [0, 0.05) is 32.1 Å². The molecule has 1 N–H and O–H groups in total. The molecule has 0 aliphatic carbocycles. The van der Waals surface area contributed by atoms with E-state index in [2.05, 4.69) is 0 Å². The quantitative estimate of drug-likeness (QED) is 0.238. The van der Waals surface area contributed by atoms with E-state index >= 15 is 0 Å². The summed E-state index contributed by atoms with van der Waals surface area (Å²) in [6.45, 7) is 5.30. The molecular weight excluding hydrogens is 555 g/mol. The van der Waals surface area contributed by atoms with Gasteiger partial charge in [0.1, 0.15) is 6.10 Å². The van der Waals surface area contributed by atoms with Crippen LogP contribution in [0.1, 0.15) is 62.6 Å². The number of rotatable bonds is 14. The molecule has 2 aliphatic heterocycles. The van der Waals surface area contributed by atoms with Crippen molar-refractivity contribution in [3.8, 4) is 17.2 Å². The molecule has 0 bridgehead atoms. The van der Waals surface area contributed by atoms with Gasteiger partial charge in [-0.25, -0.2) is 21.9 Å². The number of ether oxygens (including phenoxy) is 4. The molecule has 3 atom stereocenters. The monoisotopic (exact) mass is 594 g/mol. The number of nitrogens with zero attached hydrogens (tertiary/aromatic N) is 2. The maximum Gasteiger partial charge on any atom is 0.506 e. The van der Waals surface area contributed by atoms with Gasteiger partial charge in [0.05, 0.1) is 18.9 Å². The van der Waals surface area contributed by atoms with Gasteiger partial charge in [-0.15, -0.1) is 0 Å². The third-order valence-electron chi connectivity index (χ3n) is 7.62. The predicted octanol–water partition coefficient (Wildman–Crippen LogP) is 5.00. The molecule has 0 saturated carbocycles. The summed E-state index contributed by atoms with van der Waals surface area (Å²) in [5, 5.41) is 9.71. The van der Waals surface area contributed by atoms with Crippen LogP contribution in [0.3, 0.4) is 0 Å². The van der Waals surface area contributed by atoms with Crippen LogP contribution in [0, 0.1) is 5.82 Å². The van der Waals surface area contributed by atoms with Crippen LogP contribution in [0.4, 0.5) is 9.18 Å². The van der Waals surface area contributed by atoms with Gasteiger partial charge >= 0.3 is 6.16 Å². The molecule has 2 aromatic rings. The Labute approximate surface area is 241 Å². The number of carboxylic acid groups (broad SMARTS) is 1. The average molecular weight is 595 g/mol. The average Bonchev–Trinajstić information content (AvgIpc) is 3.54. The van der Waals surface area contributed by atoms with Gasteiger partial charge in [-0.1, -0.05) is 38.8 Å². The van der Waals surface area contributed by atoms with Crippen LogP contribution in [-0.4, -0.2) is 80.8 Å².